The third-order valence-corrected chi connectivity index (χ3v) is 3.27. The second kappa shape index (κ2) is 5.57. The van der Waals surface area contributed by atoms with Gasteiger partial charge in [-0.15, -0.1) is 12.4 Å². The molecule has 0 aliphatic carbocycles. The number of amides is 1. The van der Waals surface area contributed by atoms with Gasteiger partial charge in [-0.25, -0.2) is 0 Å². The molecule has 2 rings (SSSR count). The molecule has 5 heteroatoms. The van der Waals surface area contributed by atoms with Crippen LogP contribution in [0.3, 0.4) is 0 Å². The maximum absolute atomic E-state index is 12.3. The second-order valence-electron chi connectivity index (χ2n) is 5.46. The van der Waals surface area contributed by atoms with E-state index in [9.17, 15) is 4.79 Å². The lowest BCUT2D eigenvalue weighted by molar-refractivity contribution is 0.0584. The van der Waals surface area contributed by atoms with E-state index in [1.54, 1.807) is 18.5 Å². The fourth-order valence-electron chi connectivity index (χ4n) is 2.35. The maximum Gasteiger partial charge on any atom is 0.257 e. The highest BCUT2D eigenvalue weighted by atomic mass is 35.5. The summed E-state index contributed by atoms with van der Waals surface area (Å²) in [6, 6.07) is 1.67. The lowest BCUT2D eigenvalue weighted by atomic mass is 9.84. The molecule has 0 atom stereocenters. The second-order valence-corrected chi connectivity index (χ2v) is 5.46. The summed E-state index contributed by atoms with van der Waals surface area (Å²) in [5, 5.41) is 0. The zero-order valence-electron chi connectivity index (χ0n) is 10.8. The van der Waals surface area contributed by atoms with Gasteiger partial charge in [0.25, 0.3) is 5.91 Å². The molecule has 1 fully saturated rings. The Morgan fingerprint density at radius 2 is 2.22 bits per heavy atom. The number of piperidine rings is 1. The molecular formula is C13H20ClN3O. The first-order valence-corrected chi connectivity index (χ1v) is 5.98. The number of hydrogen-bond donors (Lipinski definition) is 1. The van der Waals surface area contributed by atoms with Crippen molar-refractivity contribution in [1.29, 1.82) is 0 Å². The van der Waals surface area contributed by atoms with E-state index in [2.05, 4.69) is 18.8 Å². The van der Waals surface area contributed by atoms with Gasteiger partial charge in [0.1, 0.15) is 0 Å². The molecule has 100 valence electrons. The van der Waals surface area contributed by atoms with Gasteiger partial charge in [0, 0.05) is 31.2 Å². The van der Waals surface area contributed by atoms with Crippen molar-refractivity contribution in [3.05, 3.63) is 24.0 Å². The lowest BCUT2D eigenvalue weighted by Crippen LogP contribution is -2.43. The molecule has 18 heavy (non-hydrogen) atoms. The number of carbonyl (C=O) groups excluding carboxylic acids is 1. The van der Waals surface area contributed by atoms with Gasteiger partial charge in [-0.3, -0.25) is 9.78 Å². The Morgan fingerprint density at radius 1 is 1.50 bits per heavy atom. The number of carbonyl (C=O) groups is 1. The molecule has 1 aromatic rings. The molecule has 1 saturated heterocycles. The summed E-state index contributed by atoms with van der Waals surface area (Å²) in [4.78, 5) is 18.2. The first-order chi connectivity index (χ1) is 7.99. The van der Waals surface area contributed by atoms with Crippen LogP contribution >= 0.6 is 12.4 Å². The van der Waals surface area contributed by atoms with Crippen molar-refractivity contribution < 1.29 is 4.79 Å². The van der Waals surface area contributed by atoms with E-state index in [1.807, 2.05) is 4.90 Å². The normalized spacial score (nSPS) is 18.0. The number of aromatic nitrogens is 1. The summed E-state index contributed by atoms with van der Waals surface area (Å²) in [6.07, 6.45) is 5.38. The Bertz CT molecular complexity index is 434. The highest BCUT2D eigenvalue weighted by Crippen LogP contribution is 2.29. The van der Waals surface area contributed by atoms with Crippen LogP contribution in [-0.4, -0.2) is 28.9 Å². The summed E-state index contributed by atoms with van der Waals surface area (Å²) in [7, 11) is 0. The van der Waals surface area contributed by atoms with Crippen LogP contribution in [-0.2, 0) is 0 Å². The van der Waals surface area contributed by atoms with Gasteiger partial charge in [0.2, 0.25) is 0 Å². The third kappa shape index (κ3) is 3.13. The molecule has 1 amide bonds. The standard InChI is InChI=1S/C13H19N3O.ClH/c1-13(2)5-3-7-16(9-13)12(17)10-8-15-6-4-11(10)14;/h4,6,8H,3,5,7,9H2,1-2H3,(H2,14,15);1H. The number of anilines is 1. The van der Waals surface area contributed by atoms with Crippen LogP contribution in [0.25, 0.3) is 0 Å². The molecule has 1 aromatic heterocycles. The van der Waals surface area contributed by atoms with Crippen LogP contribution in [0.4, 0.5) is 5.69 Å². The summed E-state index contributed by atoms with van der Waals surface area (Å²) in [6.45, 7) is 5.99. The Hall–Kier alpha value is -1.29. The molecule has 2 N–H and O–H groups in total. The predicted octanol–water partition coefficient (Wildman–Crippen LogP) is 2.35. The van der Waals surface area contributed by atoms with E-state index in [1.165, 1.54) is 6.42 Å². The Morgan fingerprint density at radius 3 is 2.83 bits per heavy atom. The molecule has 0 radical (unpaired) electrons. The number of nitrogens with zero attached hydrogens (tertiary/aromatic N) is 2. The molecule has 0 aromatic carbocycles. The van der Waals surface area contributed by atoms with E-state index in [0.29, 0.717) is 11.3 Å². The minimum absolute atomic E-state index is 0. The first kappa shape index (κ1) is 14.8. The monoisotopic (exact) mass is 269 g/mol. The van der Waals surface area contributed by atoms with Crippen molar-refractivity contribution in [1.82, 2.24) is 9.88 Å². The molecule has 2 heterocycles. The van der Waals surface area contributed by atoms with Crippen LogP contribution in [0.1, 0.15) is 37.0 Å². The number of nitrogens with two attached hydrogens (primary N) is 1. The topological polar surface area (TPSA) is 59.2 Å². The summed E-state index contributed by atoms with van der Waals surface area (Å²) < 4.78 is 0. The van der Waals surface area contributed by atoms with Crippen molar-refractivity contribution in [3.8, 4) is 0 Å². The first-order valence-electron chi connectivity index (χ1n) is 5.98. The van der Waals surface area contributed by atoms with E-state index >= 15 is 0 Å². The van der Waals surface area contributed by atoms with Crippen molar-refractivity contribution in [2.75, 3.05) is 18.8 Å². The molecule has 4 nitrogen and oxygen atoms in total. The molecule has 1 aliphatic heterocycles. The van der Waals surface area contributed by atoms with Crippen LogP contribution in [0.15, 0.2) is 18.5 Å². The van der Waals surface area contributed by atoms with Gasteiger partial charge in [-0.2, -0.15) is 0 Å². The SMILES string of the molecule is CC1(C)CCCN(C(=O)c2cnccc2N)C1.Cl. The van der Waals surface area contributed by atoms with Crippen LogP contribution in [0.5, 0.6) is 0 Å². The van der Waals surface area contributed by atoms with E-state index in [4.69, 9.17) is 5.73 Å². The maximum atomic E-state index is 12.3. The van der Waals surface area contributed by atoms with Gasteiger partial charge in [0.15, 0.2) is 0 Å². The Labute approximate surface area is 114 Å². The lowest BCUT2D eigenvalue weighted by Gasteiger charge is -2.38. The van der Waals surface area contributed by atoms with Gasteiger partial charge < -0.3 is 10.6 Å². The molecule has 1 aliphatic rings. The highest BCUT2D eigenvalue weighted by molar-refractivity contribution is 5.98. The number of halogens is 1. The number of hydrogen-bond acceptors (Lipinski definition) is 3. The summed E-state index contributed by atoms with van der Waals surface area (Å²) >= 11 is 0. The van der Waals surface area contributed by atoms with Gasteiger partial charge in [0.05, 0.1) is 5.56 Å². The zero-order chi connectivity index (χ0) is 12.5. The molecule has 0 bridgehead atoms. The van der Waals surface area contributed by atoms with Crippen molar-refractivity contribution >= 4 is 24.0 Å². The molecule has 0 spiro atoms. The minimum Gasteiger partial charge on any atom is -0.398 e. The van der Waals surface area contributed by atoms with Crippen LogP contribution < -0.4 is 5.73 Å². The Balaban J connectivity index is 0.00000162. The smallest absolute Gasteiger partial charge is 0.257 e. The molecule has 0 saturated carbocycles. The zero-order valence-corrected chi connectivity index (χ0v) is 11.7. The average molecular weight is 270 g/mol. The molecule has 0 unspecified atom stereocenters. The molecular weight excluding hydrogens is 250 g/mol. The number of nitrogen functional groups attached to an aromatic ring is 1. The van der Waals surface area contributed by atoms with Crippen LogP contribution in [0, 0.1) is 5.41 Å². The fourth-order valence-corrected chi connectivity index (χ4v) is 2.35. The fraction of sp³-hybridized carbons (Fsp3) is 0.538. The number of rotatable bonds is 1. The summed E-state index contributed by atoms with van der Waals surface area (Å²) in [5.41, 5.74) is 7.03. The Kier molecular flexibility index (Phi) is 4.57. The van der Waals surface area contributed by atoms with E-state index < -0.39 is 0 Å². The van der Waals surface area contributed by atoms with Gasteiger partial charge in [-0.05, 0) is 24.3 Å². The van der Waals surface area contributed by atoms with Gasteiger partial charge in [-0.1, -0.05) is 13.8 Å². The van der Waals surface area contributed by atoms with Crippen molar-refractivity contribution in [2.24, 2.45) is 5.41 Å². The van der Waals surface area contributed by atoms with Crippen molar-refractivity contribution in [2.45, 2.75) is 26.7 Å². The van der Waals surface area contributed by atoms with E-state index in [-0.39, 0.29) is 23.7 Å². The highest BCUT2D eigenvalue weighted by Gasteiger charge is 2.30. The quantitative estimate of drug-likeness (QED) is 0.851. The van der Waals surface area contributed by atoms with Gasteiger partial charge >= 0.3 is 0 Å². The summed E-state index contributed by atoms with van der Waals surface area (Å²) in [5.74, 6) is 0.00313. The predicted molar refractivity (Wildman–Crippen MR) is 74.8 cm³/mol. The largest absolute Gasteiger partial charge is 0.398 e. The minimum atomic E-state index is 0. The average Bonchev–Trinajstić information content (AvgIpc) is 2.27. The number of likely N-dealkylation sites (tertiary alicyclic amines) is 1. The van der Waals surface area contributed by atoms with Crippen molar-refractivity contribution in [3.63, 3.8) is 0 Å². The third-order valence-electron chi connectivity index (χ3n) is 3.27. The number of pyridine rings is 1. The van der Waals surface area contributed by atoms with Crippen LogP contribution in [0.2, 0.25) is 0 Å². The van der Waals surface area contributed by atoms with E-state index in [0.717, 1.165) is 19.5 Å².